The van der Waals surface area contributed by atoms with Gasteiger partial charge in [0.15, 0.2) is 5.75 Å². The van der Waals surface area contributed by atoms with Gasteiger partial charge in [-0.3, -0.25) is 20.7 Å². The molecule has 0 spiro atoms. The van der Waals surface area contributed by atoms with Crippen molar-refractivity contribution in [1.82, 2.24) is 5.32 Å². The number of carbonyl (C=O) groups excluding carboxylic acids is 6. The van der Waals surface area contributed by atoms with Gasteiger partial charge in [-0.25, -0.2) is 28.8 Å². The summed E-state index contributed by atoms with van der Waals surface area (Å²) in [6.45, 7) is -0.348. The molecule has 22 nitrogen and oxygen atoms in total. The second-order valence-corrected chi connectivity index (χ2v) is 12.8. The Balaban J connectivity index is 1.20. The van der Waals surface area contributed by atoms with Crippen molar-refractivity contribution >= 4 is 82.0 Å². The van der Waals surface area contributed by atoms with Crippen LogP contribution in [0.2, 0.25) is 0 Å². The van der Waals surface area contributed by atoms with Gasteiger partial charge in [-0.1, -0.05) is 24.3 Å². The summed E-state index contributed by atoms with van der Waals surface area (Å²) in [7, 11) is 0. The summed E-state index contributed by atoms with van der Waals surface area (Å²) < 4.78 is 21.6. The maximum Gasteiger partial charge on any atom is 0.411 e. The fourth-order valence-corrected chi connectivity index (χ4v) is 5.62. The molecule has 1 aliphatic carbocycles. The van der Waals surface area contributed by atoms with Gasteiger partial charge in [0.05, 0.1) is 52.9 Å². The molecule has 0 fully saturated rings. The van der Waals surface area contributed by atoms with Crippen LogP contribution >= 0.6 is 0 Å². The largest absolute Gasteiger partial charge is 0.487 e. The van der Waals surface area contributed by atoms with Crippen molar-refractivity contribution in [1.29, 1.82) is 0 Å². The number of benzene rings is 4. The van der Waals surface area contributed by atoms with E-state index in [0.717, 1.165) is 6.07 Å². The third kappa shape index (κ3) is 15.2. The van der Waals surface area contributed by atoms with Crippen LogP contribution in [-0.4, -0.2) is 87.0 Å². The van der Waals surface area contributed by atoms with Crippen molar-refractivity contribution in [3.63, 3.8) is 0 Å². The van der Waals surface area contributed by atoms with Gasteiger partial charge in [0, 0.05) is 29.5 Å². The number of aliphatic imine (C=N–C) groups is 3. The first-order valence-corrected chi connectivity index (χ1v) is 18.9. The zero-order valence-corrected chi connectivity index (χ0v) is 33.4. The van der Waals surface area contributed by atoms with Crippen LogP contribution in [0.4, 0.5) is 59.9 Å². The Morgan fingerprint density at radius 2 is 1.31 bits per heavy atom. The Labute approximate surface area is 362 Å². The van der Waals surface area contributed by atoms with E-state index in [9.17, 15) is 38.9 Å². The zero-order valence-electron chi connectivity index (χ0n) is 33.4. The fraction of sp³-hybridized carbons (Fsp3) is 0.190. The maximum absolute atomic E-state index is 12.6. The van der Waals surface area contributed by atoms with Crippen LogP contribution in [0.25, 0.3) is 0 Å². The number of nitro groups is 1. The lowest BCUT2D eigenvalue weighted by Crippen LogP contribution is -2.35. The number of allylic oxidation sites excluding steroid dienone is 2. The average molecular weight is 873 g/mol. The van der Waals surface area contributed by atoms with E-state index in [1.807, 2.05) is 0 Å². The number of rotatable bonds is 20. The Morgan fingerprint density at radius 3 is 1.91 bits per heavy atom. The number of anilines is 3. The number of azo groups is 1. The molecule has 3 N–H and O–H groups in total. The summed E-state index contributed by atoms with van der Waals surface area (Å²) in [6.07, 6.45) is 7.21. The molecule has 0 radical (unpaired) electrons. The lowest BCUT2D eigenvalue weighted by molar-refractivity contribution is -0.384. The standard InChI is InChI=1S/C42H36N10O12/c53-26-43-30-4-1-7-33(22-30)46-40(56)62-18-16-51(17-19-63-41(57)47-34-8-2-5-31(23-34)44-27-54)36-12-10-29(11-13-36)49-50-38-15-14-37(52(59)60)25-39(38)61-20-21-64-42(58)48-35-9-3-6-32(24-35)45-28-55/h1-15,22-23,25,35H,16-21,24H2,(H,46,56)(H,47,57)(H,48,58). The molecule has 3 amide bonds. The lowest BCUT2D eigenvalue weighted by atomic mass is 10.1. The highest BCUT2D eigenvalue weighted by atomic mass is 16.6. The first-order chi connectivity index (χ1) is 31.1. The summed E-state index contributed by atoms with van der Waals surface area (Å²) in [6, 6.07) is 22.3. The number of ether oxygens (including phenoxy) is 4. The summed E-state index contributed by atoms with van der Waals surface area (Å²) in [4.78, 5) is 92.5. The molecule has 0 heterocycles. The molecule has 4 aromatic rings. The fourth-order valence-electron chi connectivity index (χ4n) is 5.62. The predicted octanol–water partition coefficient (Wildman–Crippen LogP) is 7.90. The monoisotopic (exact) mass is 872 g/mol. The predicted molar refractivity (Wildman–Crippen MR) is 228 cm³/mol. The Kier molecular flexibility index (Phi) is 17.4. The van der Waals surface area contributed by atoms with Gasteiger partial charge >= 0.3 is 18.3 Å². The van der Waals surface area contributed by atoms with Gasteiger partial charge < -0.3 is 29.2 Å². The van der Waals surface area contributed by atoms with Crippen LogP contribution in [0.1, 0.15) is 6.42 Å². The molecule has 1 atom stereocenters. The van der Waals surface area contributed by atoms with Crippen LogP contribution in [-0.2, 0) is 28.6 Å². The summed E-state index contributed by atoms with van der Waals surface area (Å²) in [5, 5.41) is 27.7. The van der Waals surface area contributed by atoms with Crippen LogP contribution in [0.5, 0.6) is 5.75 Å². The molecule has 1 unspecified atom stereocenters. The van der Waals surface area contributed by atoms with E-state index >= 15 is 0 Å². The Bertz CT molecular complexity index is 2480. The van der Waals surface area contributed by atoms with Crippen molar-refractivity contribution < 1.29 is 52.6 Å². The van der Waals surface area contributed by atoms with Gasteiger partial charge in [-0.15, -0.1) is 5.11 Å². The highest BCUT2D eigenvalue weighted by molar-refractivity contribution is 5.86. The summed E-state index contributed by atoms with van der Waals surface area (Å²) >= 11 is 0. The minimum Gasteiger partial charge on any atom is -0.487 e. The van der Waals surface area contributed by atoms with E-state index in [2.05, 4.69) is 41.2 Å². The molecule has 0 saturated carbocycles. The molecular weight excluding hydrogens is 837 g/mol. The molecule has 0 aromatic heterocycles. The number of nitro benzene ring substituents is 1. The van der Waals surface area contributed by atoms with Crippen LogP contribution in [0, 0.1) is 10.1 Å². The average Bonchev–Trinajstić information content (AvgIpc) is 3.27. The number of non-ortho nitro benzene ring substituents is 1. The first kappa shape index (κ1) is 46.0. The molecule has 4 aromatic carbocycles. The Hall–Kier alpha value is -9.09. The lowest BCUT2D eigenvalue weighted by Gasteiger charge is -2.24. The molecule has 0 bridgehead atoms. The van der Waals surface area contributed by atoms with Gasteiger partial charge in [0.25, 0.3) is 5.69 Å². The number of nitrogens with one attached hydrogen (secondary N) is 3. The van der Waals surface area contributed by atoms with E-state index < -0.39 is 29.2 Å². The van der Waals surface area contributed by atoms with Crippen molar-refractivity contribution in [2.75, 3.05) is 55.1 Å². The van der Waals surface area contributed by atoms with E-state index in [-0.39, 0.29) is 74.4 Å². The number of nitrogens with zero attached hydrogens (tertiary/aromatic N) is 7. The molecule has 64 heavy (non-hydrogen) atoms. The number of hydrogen-bond acceptors (Lipinski definition) is 18. The van der Waals surface area contributed by atoms with Gasteiger partial charge in [0.2, 0.25) is 18.2 Å². The van der Waals surface area contributed by atoms with Crippen LogP contribution in [0.3, 0.4) is 0 Å². The van der Waals surface area contributed by atoms with E-state index in [1.54, 1.807) is 83.8 Å². The van der Waals surface area contributed by atoms with Crippen molar-refractivity contribution in [2.24, 2.45) is 25.2 Å². The Morgan fingerprint density at radius 1 is 0.703 bits per heavy atom. The summed E-state index contributed by atoms with van der Waals surface area (Å²) in [5.41, 5.74) is 2.53. The zero-order chi connectivity index (χ0) is 45.5. The van der Waals surface area contributed by atoms with Crippen molar-refractivity contribution in [3.05, 3.63) is 125 Å². The first-order valence-electron chi connectivity index (χ1n) is 18.9. The number of hydrogen-bond donors (Lipinski definition) is 3. The van der Waals surface area contributed by atoms with Gasteiger partial charge in [-0.2, -0.15) is 20.1 Å². The van der Waals surface area contributed by atoms with Gasteiger partial charge in [0.1, 0.15) is 32.1 Å². The topological polar surface area (TPSA) is 284 Å². The van der Waals surface area contributed by atoms with Crippen LogP contribution < -0.4 is 25.6 Å². The maximum atomic E-state index is 12.6. The molecular formula is C42H36N10O12. The highest BCUT2D eigenvalue weighted by Crippen LogP contribution is 2.33. The molecule has 5 rings (SSSR count). The van der Waals surface area contributed by atoms with Gasteiger partial charge in [-0.05, 0) is 72.8 Å². The smallest absolute Gasteiger partial charge is 0.411 e. The highest BCUT2D eigenvalue weighted by Gasteiger charge is 2.17. The molecule has 1 aliphatic rings. The SMILES string of the molecule is O=C=NC1=CC=CC(NC(=O)OCCOc2cc([N+](=O)[O-])ccc2N=Nc2ccc(N(CCOC(=O)Nc3cccc(N=C=O)c3)CCOC(=O)Nc3cccc(N=C=O)c3)cc2)C1. The minimum atomic E-state index is -0.778. The quantitative estimate of drug-likeness (QED) is 0.0145. The third-order valence-corrected chi connectivity index (χ3v) is 8.49. The van der Waals surface area contributed by atoms with E-state index in [0.29, 0.717) is 28.4 Å². The van der Waals surface area contributed by atoms with Crippen molar-refractivity contribution in [2.45, 2.75) is 12.5 Å². The van der Waals surface area contributed by atoms with E-state index in [1.165, 1.54) is 42.5 Å². The normalized spacial score (nSPS) is 12.5. The number of alkyl carbamates (subject to hydrolysis) is 1. The van der Waals surface area contributed by atoms with Crippen molar-refractivity contribution in [3.8, 4) is 5.75 Å². The number of isocyanates is 3. The second kappa shape index (κ2) is 24.2. The summed E-state index contributed by atoms with van der Waals surface area (Å²) in [5.74, 6) is -0.00103. The van der Waals surface area contributed by atoms with Crippen LogP contribution in [0.15, 0.2) is 140 Å². The second-order valence-electron chi connectivity index (χ2n) is 12.8. The van der Waals surface area contributed by atoms with E-state index in [4.69, 9.17) is 18.9 Å². The number of amides is 3. The number of carbonyl (C=O) groups is 3. The minimum absolute atomic E-state index is 0.00103. The molecule has 0 aliphatic heterocycles. The molecule has 326 valence electrons. The molecule has 0 saturated heterocycles. The third-order valence-electron chi connectivity index (χ3n) is 8.49. The molecule has 22 heteroatoms.